The van der Waals surface area contributed by atoms with E-state index in [0.29, 0.717) is 18.4 Å². The SMILES string of the molecule is [2H]C1([2H])Oc2c(ccc(C(=O)O)c2CO)C12CCN(C(=O)OC(C)(C)C)CC2. The van der Waals surface area contributed by atoms with Gasteiger partial charge in [0.05, 0.1) is 21.5 Å². The molecule has 0 aliphatic carbocycles. The van der Waals surface area contributed by atoms with Crippen LogP contribution in [0.3, 0.4) is 0 Å². The number of carbonyl (C=O) groups excluding carboxylic acids is 1. The molecule has 7 nitrogen and oxygen atoms in total. The van der Waals surface area contributed by atoms with E-state index in [0.717, 1.165) is 0 Å². The number of hydrogen-bond acceptors (Lipinski definition) is 5. The zero-order chi connectivity index (χ0) is 20.9. The van der Waals surface area contributed by atoms with Crippen molar-refractivity contribution >= 4 is 12.1 Å². The van der Waals surface area contributed by atoms with Gasteiger partial charge in [-0.15, -0.1) is 0 Å². The molecule has 0 saturated carbocycles. The van der Waals surface area contributed by atoms with Gasteiger partial charge in [0.15, 0.2) is 0 Å². The van der Waals surface area contributed by atoms with Gasteiger partial charge in [-0.1, -0.05) is 6.07 Å². The number of rotatable bonds is 2. The van der Waals surface area contributed by atoms with Crippen molar-refractivity contribution in [1.29, 1.82) is 0 Å². The lowest BCUT2D eigenvalue weighted by molar-refractivity contribution is 0.0152. The maximum Gasteiger partial charge on any atom is 0.410 e. The second kappa shape index (κ2) is 6.46. The molecule has 0 aromatic heterocycles. The van der Waals surface area contributed by atoms with E-state index in [-0.39, 0.29) is 30.0 Å². The van der Waals surface area contributed by atoms with Crippen molar-refractivity contribution in [3.05, 3.63) is 28.8 Å². The Kier molecular flexibility index (Phi) is 3.96. The zero-order valence-corrected chi connectivity index (χ0v) is 15.2. The molecule has 26 heavy (non-hydrogen) atoms. The summed E-state index contributed by atoms with van der Waals surface area (Å²) in [4.78, 5) is 25.3. The number of carbonyl (C=O) groups is 2. The Labute approximate surface area is 155 Å². The van der Waals surface area contributed by atoms with Crippen molar-refractivity contribution in [3.8, 4) is 5.75 Å². The number of amides is 1. The van der Waals surface area contributed by atoms with Crippen LogP contribution in [0.4, 0.5) is 4.79 Å². The number of likely N-dealkylation sites (tertiary alicyclic amines) is 1. The summed E-state index contributed by atoms with van der Waals surface area (Å²) < 4.78 is 27.9. The van der Waals surface area contributed by atoms with Crippen LogP contribution in [0.5, 0.6) is 5.75 Å². The normalized spacial score (nSPS) is 21.5. The van der Waals surface area contributed by atoms with Crippen molar-refractivity contribution in [3.63, 3.8) is 0 Å². The summed E-state index contributed by atoms with van der Waals surface area (Å²) in [5.74, 6) is -1.12. The van der Waals surface area contributed by atoms with E-state index in [1.54, 1.807) is 31.7 Å². The molecule has 1 aromatic carbocycles. The highest BCUT2D eigenvalue weighted by molar-refractivity contribution is 5.90. The van der Waals surface area contributed by atoms with Crippen LogP contribution in [0.2, 0.25) is 0 Å². The first kappa shape index (κ1) is 15.9. The summed E-state index contributed by atoms with van der Waals surface area (Å²) in [6.07, 6.45) is 0.145. The smallest absolute Gasteiger partial charge is 0.410 e. The summed E-state index contributed by atoms with van der Waals surface area (Å²) in [7, 11) is 0. The Balaban J connectivity index is 1.92. The van der Waals surface area contributed by atoms with E-state index >= 15 is 0 Å². The van der Waals surface area contributed by atoms with Gasteiger partial charge in [-0.3, -0.25) is 0 Å². The molecule has 1 saturated heterocycles. The molecule has 1 amide bonds. The first-order valence-corrected chi connectivity index (χ1v) is 8.59. The first-order valence-electron chi connectivity index (χ1n) is 9.59. The fourth-order valence-corrected chi connectivity index (χ4v) is 3.45. The van der Waals surface area contributed by atoms with Gasteiger partial charge in [-0.05, 0) is 39.7 Å². The predicted molar refractivity (Wildman–Crippen MR) is 93.5 cm³/mol. The molecule has 1 fully saturated rings. The Bertz CT molecular complexity index is 809. The molecule has 3 rings (SSSR count). The van der Waals surface area contributed by atoms with E-state index in [1.165, 1.54) is 6.07 Å². The van der Waals surface area contributed by atoms with Crippen molar-refractivity contribution in [2.75, 3.05) is 19.6 Å². The first-order chi connectivity index (χ1) is 12.9. The number of aromatic carboxylic acids is 1. The minimum atomic E-state index is -2.09. The van der Waals surface area contributed by atoms with Crippen LogP contribution in [0.15, 0.2) is 12.1 Å². The fraction of sp³-hybridized carbons (Fsp3) is 0.579. The van der Waals surface area contributed by atoms with Gasteiger partial charge >= 0.3 is 12.1 Å². The summed E-state index contributed by atoms with van der Waals surface area (Å²) >= 11 is 0. The number of piperidine rings is 1. The Hall–Kier alpha value is -2.28. The summed E-state index contributed by atoms with van der Waals surface area (Å²) in [5.41, 5.74) is -1.15. The molecule has 1 aromatic rings. The van der Waals surface area contributed by atoms with Gasteiger partial charge in [-0.25, -0.2) is 9.59 Å². The summed E-state index contributed by atoms with van der Waals surface area (Å²) in [6.45, 7) is 3.27. The average Bonchev–Trinajstić information content (AvgIpc) is 2.80. The molecular weight excluding hydrogens is 338 g/mol. The lowest BCUT2D eigenvalue weighted by Gasteiger charge is -2.39. The number of ether oxygens (including phenoxy) is 2. The van der Waals surface area contributed by atoms with Crippen LogP contribution in [0.1, 0.15) is 57.8 Å². The maximum absolute atomic E-state index is 12.3. The molecule has 2 N–H and O–H groups in total. The van der Waals surface area contributed by atoms with Gasteiger partial charge in [0, 0.05) is 29.6 Å². The van der Waals surface area contributed by atoms with Gasteiger partial charge in [0.1, 0.15) is 11.4 Å². The van der Waals surface area contributed by atoms with E-state index in [4.69, 9.17) is 12.2 Å². The Morgan fingerprint density at radius 1 is 1.35 bits per heavy atom. The molecule has 142 valence electrons. The predicted octanol–water partition coefficient (Wildman–Crippen LogP) is 2.54. The van der Waals surface area contributed by atoms with Crippen LogP contribution < -0.4 is 4.74 Å². The zero-order valence-electron chi connectivity index (χ0n) is 17.2. The minimum Gasteiger partial charge on any atom is -0.492 e. The summed E-state index contributed by atoms with van der Waals surface area (Å²) in [6, 6.07) is 2.94. The molecule has 0 radical (unpaired) electrons. The highest BCUT2D eigenvalue weighted by atomic mass is 16.6. The lowest BCUT2D eigenvalue weighted by Crippen LogP contribution is -2.47. The molecule has 2 aliphatic rings. The molecule has 0 unspecified atom stereocenters. The molecule has 0 bridgehead atoms. The van der Waals surface area contributed by atoms with Crippen molar-refractivity contribution in [1.82, 2.24) is 4.90 Å². The number of aliphatic hydroxyl groups is 1. The minimum absolute atomic E-state index is 0.0697. The van der Waals surface area contributed by atoms with E-state index in [1.807, 2.05) is 0 Å². The van der Waals surface area contributed by atoms with Crippen molar-refractivity contribution in [2.24, 2.45) is 0 Å². The average molecular weight is 365 g/mol. The van der Waals surface area contributed by atoms with Gasteiger partial charge < -0.3 is 24.6 Å². The number of benzene rings is 1. The summed E-state index contributed by atoms with van der Waals surface area (Å²) in [5, 5.41) is 19.0. The van der Waals surface area contributed by atoms with Gasteiger partial charge in [-0.2, -0.15) is 0 Å². The Morgan fingerprint density at radius 2 is 2.00 bits per heavy atom. The molecule has 2 aliphatic heterocycles. The lowest BCUT2D eigenvalue weighted by atomic mass is 9.74. The largest absolute Gasteiger partial charge is 0.492 e. The highest BCUT2D eigenvalue weighted by Gasteiger charge is 2.45. The van der Waals surface area contributed by atoms with Crippen LogP contribution in [0.25, 0.3) is 0 Å². The van der Waals surface area contributed by atoms with Gasteiger partial charge in [0.25, 0.3) is 0 Å². The highest BCUT2D eigenvalue weighted by Crippen LogP contribution is 2.47. The second-order valence-corrected chi connectivity index (χ2v) is 7.69. The van der Waals surface area contributed by atoms with Crippen molar-refractivity contribution in [2.45, 2.75) is 51.2 Å². The molecular formula is C19H25NO6. The topological polar surface area (TPSA) is 96.3 Å². The molecule has 2 heterocycles. The van der Waals surface area contributed by atoms with Crippen LogP contribution >= 0.6 is 0 Å². The van der Waals surface area contributed by atoms with E-state index in [2.05, 4.69) is 0 Å². The fourth-order valence-electron chi connectivity index (χ4n) is 3.45. The number of carboxylic acids is 1. The maximum atomic E-state index is 12.3. The Morgan fingerprint density at radius 3 is 2.54 bits per heavy atom. The van der Waals surface area contributed by atoms with Crippen molar-refractivity contribution < 1.29 is 32.0 Å². The second-order valence-electron chi connectivity index (χ2n) is 7.69. The van der Waals surface area contributed by atoms with Gasteiger partial charge in [0.2, 0.25) is 0 Å². The van der Waals surface area contributed by atoms with E-state index in [9.17, 15) is 19.8 Å². The monoisotopic (exact) mass is 365 g/mol. The number of nitrogens with zero attached hydrogens (tertiary/aromatic N) is 1. The van der Waals surface area contributed by atoms with Crippen LogP contribution in [0, 0.1) is 0 Å². The molecule has 1 spiro atoms. The molecule has 0 atom stereocenters. The number of fused-ring (bicyclic) bond motifs is 2. The van der Waals surface area contributed by atoms with Crippen LogP contribution in [-0.2, 0) is 16.8 Å². The quantitative estimate of drug-likeness (QED) is 0.836. The molecule has 7 heteroatoms. The third kappa shape index (κ3) is 3.23. The van der Waals surface area contributed by atoms with Crippen LogP contribution in [-0.4, -0.2) is 52.4 Å². The standard InChI is InChI=1S/C19H25NO6/c1-18(2,3)26-17(24)20-8-6-19(7-9-20)11-25-15-13(10-21)12(16(22)23)4-5-14(15)19/h4-5,21H,6-11H2,1-3H3,(H,22,23)/i11D2. The third-order valence-corrected chi connectivity index (χ3v) is 4.78. The number of aliphatic hydroxyl groups excluding tert-OH is 1. The number of carboxylic acid groups (broad SMARTS) is 1. The number of hydrogen-bond donors (Lipinski definition) is 2. The third-order valence-electron chi connectivity index (χ3n) is 4.78. The van der Waals surface area contributed by atoms with E-state index < -0.39 is 36.2 Å².